The van der Waals surface area contributed by atoms with Crippen LogP contribution in [0, 0.1) is 5.92 Å². The van der Waals surface area contributed by atoms with Gasteiger partial charge in [0, 0.05) is 13.0 Å². The first kappa shape index (κ1) is 11.0. The maximum atomic E-state index is 11.6. The number of benzene rings is 1. The monoisotopic (exact) mass is 239 g/mol. The van der Waals surface area contributed by atoms with Crippen molar-refractivity contribution in [3.05, 3.63) is 29.3 Å². The molecule has 16 heavy (non-hydrogen) atoms. The van der Waals surface area contributed by atoms with E-state index in [1.54, 1.807) is 24.3 Å². The van der Waals surface area contributed by atoms with Crippen LogP contribution >= 0.6 is 11.6 Å². The number of aliphatic carboxylic acids is 1. The Kier molecular flexibility index (Phi) is 2.83. The highest BCUT2D eigenvalue weighted by atomic mass is 35.5. The van der Waals surface area contributed by atoms with Crippen LogP contribution in [0.1, 0.15) is 6.42 Å². The highest BCUT2D eigenvalue weighted by Gasteiger charge is 2.35. The van der Waals surface area contributed by atoms with E-state index in [4.69, 9.17) is 16.7 Å². The Labute approximate surface area is 97.4 Å². The van der Waals surface area contributed by atoms with Gasteiger partial charge in [-0.25, -0.2) is 0 Å². The van der Waals surface area contributed by atoms with Crippen molar-refractivity contribution in [3.8, 4) is 0 Å². The molecule has 4 nitrogen and oxygen atoms in total. The molecule has 5 heteroatoms. The molecule has 0 bridgehead atoms. The first-order chi connectivity index (χ1) is 7.59. The normalized spacial score (nSPS) is 20.2. The second-order valence-corrected chi connectivity index (χ2v) is 4.10. The summed E-state index contributed by atoms with van der Waals surface area (Å²) in [6, 6.07) is 6.92. The Morgan fingerprint density at radius 3 is 2.69 bits per heavy atom. The van der Waals surface area contributed by atoms with Crippen LogP contribution in [-0.4, -0.2) is 23.5 Å². The Morgan fingerprint density at radius 1 is 1.44 bits per heavy atom. The zero-order valence-corrected chi connectivity index (χ0v) is 9.15. The molecule has 0 aromatic heterocycles. The van der Waals surface area contributed by atoms with E-state index in [1.165, 1.54) is 4.90 Å². The maximum absolute atomic E-state index is 11.6. The van der Waals surface area contributed by atoms with Crippen LogP contribution < -0.4 is 4.90 Å². The van der Waals surface area contributed by atoms with Gasteiger partial charge in [-0.2, -0.15) is 0 Å². The predicted molar refractivity (Wildman–Crippen MR) is 59.5 cm³/mol. The first-order valence-corrected chi connectivity index (χ1v) is 5.25. The van der Waals surface area contributed by atoms with Gasteiger partial charge in [0.1, 0.15) is 0 Å². The SMILES string of the molecule is O=C(O)[C@@H]1CC(=O)N(c2ccccc2Cl)C1. The molecule has 0 saturated carbocycles. The number of rotatable bonds is 2. The summed E-state index contributed by atoms with van der Waals surface area (Å²) in [6.45, 7) is 0.192. The number of carbonyl (C=O) groups excluding carboxylic acids is 1. The van der Waals surface area contributed by atoms with Gasteiger partial charge in [-0.15, -0.1) is 0 Å². The van der Waals surface area contributed by atoms with Crippen molar-refractivity contribution in [3.63, 3.8) is 0 Å². The zero-order chi connectivity index (χ0) is 11.7. The van der Waals surface area contributed by atoms with Gasteiger partial charge in [-0.3, -0.25) is 9.59 Å². The van der Waals surface area contributed by atoms with E-state index in [2.05, 4.69) is 0 Å². The minimum absolute atomic E-state index is 0.0422. The fourth-order valence-corrected chi connectivity index (χ4v) is 2.01. The lowest BCUT2D eigenvalue weighted by molar-refractivity contribution is -0.141. The fraction of sp³-hybridized carbons (Fsp3) is 0.273. The van der Waals surface area contributed by atoms with Crippen LogP contribution in [0.4, 0.5) is 5.69 Å². The maximum Gasteiger partial charge on any atom is 0.308 e. The summed E-state index contributed by atoms with van der Waals surface area (Å²) in [5.41, 5.74) is 0.581. The van der Waals surface area contributed by atoms with Crippen LogP contribution in [0.3, 0.4) is 0 Å². The molecule has 84 valence electrons. The smallest absolute Gasteiger partial charge is 0.308 e. The summed E-state index contributed by atoms with van der Waals surface area (Å²) in [5.74, 6) is -1.77. The number of hydrogen-bond donors (Lipinski definition) is 1. The predicted octanol–water partition coefficient (Wildman–Crippen LogP) is 1.78. The van der Waals surface area contributed by atoms with E-state index < -0.39 is 11.9 Å². The first-order valence-electron chi connectivity index (χ1n) is 4.87. The van der Waals surface area contributed by atoms with Crippen LogP contribution in [0.15, 0.2) is 24.3 Å². The van der Waals surface area contributed by atoms with Gasteiger partial charge in [0.2, 0.25) is 5.91 Å². The molecule has 1 aromatic rings. The van der Waals surface area contributed by atoms with E-state index >= 15 is 0 Å². The van der Waals surface area contributed by atoms with Crippen molar-refractivity contribution in [2.45, 2.75) is 6.42 Å². The van der Waals surface area contributed by atoms with Crippen LogP contribution in [0.5, 0.6) is 0 Å². The third-order valence-corrected chi connectivity index (χ3v) is 2.94. The Morgan fingerprint density at radius 2 is 2.12 bits per heavy atom. The van der Waals surface area contributed by atoms with Gasteiger partial charge in [0.15, 0.2) is 0 Å². The molecule has 1 aliphatic heterocycles. The molecule has 1 saturated heterocycles. The van der Waals surface area contributed by atoms with Gasteiger partial charge >= 0.3 is 5.97 Å². The quantitative estimate of drug-likeness (QED) is 0.856. The summed E-state index contributed by atoms with van der Waals surface area (Å²) in [4.78, 5) is 23.9. The minimum Gasteiger partial charge on any atom is -0.481 e. The number of anilines is 1. The highest BCUT2D eigenvalue weighted by molar-refractivity contribution is 6.33. The van der Waals surface area contributed by atoms with Crippen LogP contribution in [0.2, 0.25) is 5.02 Å². The van der Waals surface area contributed by atoms with Crippen molar-refractivity contribution < 1.29 is 14.7 Å². The van der Waals surface area contributed by atoms with Gasteiger partial charge in [-0.1, -0.05) is 23.7 Å². The molecule has 1 atom stereocenters. The molecule has 0 aliphatic carbocycles. The molecule has 0 unspecified atom stereocenters. The highest BCUT2D eigenvalue weighted by Crippen LogP contribution is 2.30. The standard InChI is InChI=1S/C11H10ClNO3/c12-8-3-1-2-4-9(8)13-6-7(11(15)16)5-10(13)14/h1-4,7H,5-6H2,(H,15,16)/t7-/m1/s1. The number of carboxylic acid groups (broad SMARTS) is 1. The van der Waals surface area contributed by atoms with Gasteiger partial charge < -0.3 is 10.0 Å². The second-order valence-electron chi connectivity index (χ2n) is 3.70. The lowest BCUT2D eigenvalue weighted by Crippen LogP contribution is -2.25. The van der Waals surface area contributed by atoms with Crippen LogP contribution in [-0.2, 0) is 9.59 Å². The lowest BCUT2D eigenvalue weighted by Gasteiger charge is -2.17. The molecule has 0 spiro atoms. The molecule has 1 N–H and O–H groups in total. The number of amides is 1. The van der Waals surface area contributed by atoms with Crippen molar-refractivity contribution in [1.29, 1.82) is 0 Å². The lowest BCUT2D eigenvalue weighted by atomic mass is 10.1. The fourth-order valence-electron chi connectivity index (χ4n) is 1.78. The average molecular weight is 240 g/mol. The topological polar surface area (TPSA) is 57.6 Å². The van der Waals surface area contributed by atoms with E-state index in [0.717, 1.165) is 0 Å². The third-order valence-electron chi connectivity index (χ3n) is 2.62. The molecule has 0 radical (unpaired) electrons. The number of halogens is 1. The molecule has 1 aromatic carbocycles. The molecule has 1 aliphatic rings. The third kappa shape index (κ3) is 1.88. The number of carboxylic acids is 1. The molecular formula is C11H10ClNO3. The number of nitrogens with zero attached hydrogens (tertiary/aromatic N) is 1. The van der Waals surface area contributed by atoms with E-state index in [1.807, 2.05) is 0 Å². The summed E-state index contributed by atoms with van der Waals surface area (Å²) >= 11 is 5.96. The van der Waals surface area contributed by atoms with Crippen molar-refractivity contribution in [2.24, 2.45) is 5.92 Å². The summed E-state index contributed by atoms with van der Waals surface area (Å²) in [7, 11) is 0. The van der Waals surface area contributed by atoms with Gasteiger partial charge in [-0.05, 0) is 12.1 Å². The number of hydrogen-bond acceptors (Lipinski definition) is 2. The number of carbonyl (C=O) groups is 2. The largest absolute Gasteiger partial charge is 0.481 e. The molecule has 2 rings (SSSR count). The van der Waals surface area contributed by atoms with Crippen molar-refractivity contribution in [2.75, 3.05) is 11.4 Å². The Hall–Kier alpha value is -1.55. The van der Waals surface area contributed by atoms with E-state index in [-0.39, 0.29) is 18.9 Å². The zero-order valence-electron chi connectivity index (χ0n) is 8.39. The second kappa shape index (κ2) is 4.14. The molecular weight excluding hydrogens is 230 g/mol. The molecule has 1 heterocycles. The summed E-state index contributed by atoms with van der Waals surface area (Å²) in [6.07, 6.45) is 0.0422. The average Bonchev–Trinajstić information content (AvgIpc) is 2.61. The summed E-state index contributed by atoms with van der Waals surface area (Å²) < 4.78 is 0. The van der Waals surface area contributed by atoms with E-state index in [0.29, 0.717) is 10.7 Å². The Bertz CT molecular complexity index is 447. The Balaban J connectivity index is 2.27. The van der Waals surface area contributed by atoms with Crippen LogP contribution in [0.25, 0.3) is 0 Å². The molecule has 1 amide bonds. The minimum atomic E-state index is -0.942. The van der Waals surface area contributed by atoms with Crippen molar-refractivity contribution in [1.82, 2.24) is 0 Å². The van der Waals surface area contributed by atoms with Gasteiger partial charge in [0.05, 0.1) is 16.6 Å². The van der Waals surface area contributed by atoms with Gasteiger partial charge in [0.25, 0.3) is 0 Å². The van der Waals surface area contributed by atoms with E-state index in [9.17, 15) is 9.59 Å². The van der Waals surface area contributed by atoms with Crippen molar-refractivity contribution >= 4 is 29.2 Å². The number of para-hydroxylation sites is 1. The summed E-state index contributed by atoms with van der Waals surface area (Å²) in [5, 5.41) is 9.31. The molecule has 1 fully saturated rings.